The van der Waals surface area contributed by atoms with Gasteiger partial charge in [0.15, 0.2) is 0 Å². The molecule has 108 valence electrons. The molecule has 0 heterocycles. The van der Waals surface area contributed by atoms with Crippen LogP contribution in [0.15, 0.2) is 22.7 Å². The summed E-state index contributed by atoms with van der Waals surface area (Å²) in [4.78, 5) is 23.4. The van der Waals surface area contributed by atoms with Gasteiger partial charge in [0.05, 0.1) is 11.0 Å². The molecule has 0 bridgehead atoms. The summed E-state index contributed by atoms with van der Waals surface area (Å²) in [7, 11) is 0. The number of phenols is 1. The van der Waals surface area contributed by atoms with E-state index in [2.05, 4.69) is 21.2 Å². The second-order valence-corrected chi connectivity index (χ2v) is 6.05. The number of hydrogen-bond acceptors (Lipinski definition) is 3. The van der Waals surface area contributed by atoms with Gasteiger partial charge in [0.1, 0.15) is 5.75 Å². The first kappa shape index (κ1) is 14.8. The molecule has 0 aliphatic heterocycles. The number of halogens is 1. The molecule has 1 aliphatic rings. The average molecular weight is 342 g/mol. The van der Waals surface area contributed by atoms with Crippen LogP contribution in [0.3, 0.4) is 0 Å². The first-order chi connectivity index (χ1) is 9.44. The summed E-state index contributed by atoms with van der Waals surface area (Å²) in [5.74, 6) is -1.45. The van der Waals surface area contributed by atoms with Crippen molar-refractivity contribution in [3.05, 3.63) is 28.2 Å². The molecule has 0 saturated heterocycles. The molecule has 0 atom stereocenters. The van der Waals surface area contributed by atoms with Crippen molar-refractivity contribution >= 4 is 27.8 Å². The highest BCUT2D eigenvalue weighted by molar-refractivity contribution is 9.10. The van der Waals surface area contributed by atoms with Crippen LogP contribution < -0.4 is 5.32 Å². The van der Waals surface area contributed by atoms with Crippen LogP contribution in [0.5, 0.6) is 5.75 Å². The summed E-state index contributed by atoms with van der Waals surface area (Å²) in [5, 5.41) is 21.6. The summed E-state index contributed by atoms with van der Waals surface area (Å²) in [6.45, 7) is 0.0904. The molecular weight excluding hydrogens is 326 g/mol. The third kappa shape index (κ3) is 2.95. The van der Waals surface area contributed by atoms with Gasteiger partial charge in [0.2, 0.25) is 0 Å². The molecule has 3 N–H and O–H groups in total. The normalized spacial score (nSPS) is 16.9. The fraction of sp³-hybridized carbons (Fsp3) is 0.429. The van der Waals surface area contributed by atoms with Crippen LogP contribution in [0.1, 0.15) is 36.0 Å². The van der Waals surface area contributed by atoms with Crippen molar-refractivity contribution < 1.29 is 19.8 Å². The van der Waals surface area contributed by atoms with Crippen molar-refractivity contribution in [3.63, 3.8) is 0 Å². The van der Waals surface area contributed by atoms with Gasteiger partial charge in [-0.1, -0.05) is 28.8 Å². The van der Waals surface area contributed by atoms with Gasteiger partial charge in [-0.2, -0.15) is 0 Å². The minimum atomic E-state index is -0.867. The van der Waals surface area contributed by atoms with Crippen molar-refractivity contribution in [1.82, 2.24) is 5.32 Å². The maximum absolute atomic E-state index is 12.1. The largest absolute Gasteiger partial charge is 0.507 e. The molecule has 0 unspecified atom stereocenters. The summed E-state index contributed by atoms with van der Waals surface area (Å²) < 4.78 is 0.675. The van der Waals surface area contributed by atoms with E-state index in [9.17, 15) is 19.8 Å². The third-order valence-corrected chi connectivity index (χ3v) is 4.30. The molecule has 0 spiro atoms. The molecule has 0 radical (unpaired) electrons. The van der Waals surface area contributed by atoms with Gasteiger partial charge in [0, 0.05) is 11.0 Å². The van der Waals surface area contributed by atoms with Crippen LogP contribution in [0, 0.1) is 5.41 Å². The molecule has 5 nitrogen and oxygen atoms in total. The zero-order chi connectivity index (χ0) is 14.8. The van der Waals surface area contributed by atoms with Crippen molar-refractivity contribution in [2.45, 2.75) is 25.7 Å². The molecule has 1 aromatic rings. The van der Waals surface area contributed by atoms with E-state index in [1.807, 2.05) is 0 Å². The van der Waals surface area contributed by atoms with Crippen LogP contribution in [-0.4, -0.2) is 28.6 Å². The Labute approximate surface area is 125 Å². The van der Waals surface area contributed by atoms with E-state index in [1.165, 1.54) is 12.1 Å². The van der Waals surface area contributed by atoms with Crippen molar-refractivity contribution in [1.29, 1.82) is 0 Å². The molecule has 1 saturated carbocycles. The number of rotatable bonds is 4. The number of nitrogens with one attached hydrogen (secondary N) is 1. The van der Waals surface area contributed by atoms with Crippen LogP contribution in [0.2, 0.25) is 0 Å². The predicted molar refractivity (Wildman–Crippen MR) is 76.7 cm³/mol. The van der Waals surface area contributed by atoms with Crippen LogP contribution in [0.4, 0.5) is 0 Å². The minimum Gasteiger partial charge on any atom is -0.507 e. The maximum atomic E-state index is 12.1. The summed E-state index contributed by atoms with van der Waals surface area (Å²) in [5.41, 5.74) is -0.727. The maximum Gasteiger partial charge on any atom is 0.311 e. The van der Waals surface area contributed by atoms with Crippen LogP contribution in [-0.2, 0) is 4.79 Å². The van der Waals surface area contributed by atoms with E-state index in [4.69, 9.17) is 0 Å². The average Bonchev–Trinajstić information content (AvgIpc) is 2.89. The fourth-order valence-corrected chi connectivity index (χ4v) is 2.91. The Morgan fingerprint density at radius 1 is 1.30 bits per heavy atom. The molecule has 0 aromatic heterocycles. The van der Waals surface area contributed by atoms with Gasteiger partial charge in [-0.15, -0.1) is 0 Å². The second kappa shape index (κ2) is 5.83. The zero-order valence-electron chi connectivity index (χ0n) is 10.9. The number of aromatic hydroxyl groups is 1. The summed E-state index contributed by atoms with van der Waals surface area (Å²) in [6.07, 6.45) is 2.88. The Bertz CT molecular complexity index is 538. The van der Waals surface area contributed by atoms with Crippen molar-refractivity contribution in [3.8, 4) is 5.75 Å². The second-order valence-electron chi connectivity index (χ2n) is 5.14. The van der Waals surface area contributed by atoms with Crippen LogP contribution >= 0.6 is 15.9 Å². The number of phenolic OH excluding ortho intramolecular Hbond substituents is 1. The Morgan fingerprint density at radius 3 is 2.55 bits per heavy atom. The van der Waals surface area contributed by atoms with E-state index in [0.29, 0.717) is 17.3 Å². The standard InChI is InChI=1S/C14H16BrNO4/c15-9-3-4-11(17)10(7-9)12(18)16-8-14(13(19)20)5-1-2-6-14/h3-4,7,17H,1-2,5-6,8H2,(H,16,18)(H,19,20). The van der Waals surface area contributed by atoms with Crippen molar-refractivity contribution in [2.24, 2.45) is 5.41 Å². The molecule has 2 rings (SSSR count). The van der Waals surface area contributed by atoms with Gasteiger partial charge in [-0.05, 0) is 31.0 Å². The molecule has 20 heavy (non-hydrogen) atoms. The lowest BCUT2D eigenvalue weighted by molar-refractivity contribution is -0.148. The summed E-state index contributed by atoms with van der Waals surface area (Å²) in [6, 6.07) is 4.55. The predicted octanol–water partition coefficient (Wildman–Crippen LogP) is 2.53. The lowest BCUT2D eigenvalue weighted by Gasteiger charge is -2.24. The molecule has 1 fully saturated rings. The van der Waals surface area contributed by atoms with E-state index in [0.717, 1.165) is 12.8 Å². The first-order valence-corrected chi connectivity index (χ1v) is 7.24. The fourth-order valence-electron chi connectivity index (χ4n) is 2.55. The number of amides is 1. The third-order valence-electron chi connectivity index (χ3n) is 3.80. The van der Waals surface area contributed by atoms with Gasteiger partial charge in [-0.25, -0.2) is 0 Å². The Kier molecular flexibility index (Phi) is 4.32. The Balaban J connectivity index is 2.08. The van der Waals surface area contributed by atoms with Gasteiger partial charge < -0.3 is 15.5 Å². The number of benzene rings is 1. The quantitative estimate of drug-likeness (QED) is 0.785. The summed E-state index contributed by atoms with van der Waals surface area (Å²) >= 11 is 3.23. The number of carboxylic acid groups (broad SMARTS) is 1. The minimum absolute atomic E-state index is 0.0904. The Morgan fingerprint density at radius 2 is 1.95 bits per heavy atom. The molecular formula is C14H16BrNO4. The van der Waals surface area contributed by atoms with E-state index in [-0.39, 0.29) is 17.9 Å². The number of hydrogen-bond donors (Lipinski definition) is 3. The number of carboxylic acids is 1. The van der Waals surface area contributed by atoms with Gasteiger partial charge in [-0.3, -0.25) is 9.59 Å². The van der Waals surface area contributed by atoms with Gasteiger partial charge >= 0.3 is 5.97 Å². The number of aliphatic carboxylic acids is 1. The smallest absolute Gasteiger partial charge is 0.311 e. The molecule has 1 aromatic carbocycles. The van der Waals surface area contributed by atoms with Gasteiger partial charge in [0.25, 0.3) is 5.91 Å². The monoisotopic (exact) mass is 341 g/mol. The highest BCUT2D eigenvalue weighted by Crippen LogP contribution is 2.37. The van der Waals surface area contributed by atoms with Crippen LogP contribution in [0.25, 0.3) is 0 Å². The highest BCUT2D eigenvalue weighted by atomic mass is 79.9. The first-order valence-electron chi connectivity index (χ1n) is 6.45. The molecule has 1 aliphatic carbocycles. The zero-order valence-corrected chi connectivity index (χ0v) is 12.4. The SMILES string of the molecule is O=C(NCC1(C(=O)O)CCCC1)c1cc(Br)ccc1O. The lowest BCUT2D eigenvalue weighted by atomic mass is 9.86. The van der Waals surface area contributed by atoms with E-state index < -0.39 is 17.3 Å². The molecule has 6 heteroatoms. The van der Waals surface area contributed by atoms with Crippen molar-refractivity contribution in [2.75, 3.05) is 6.54 Å². The van der Waals surface area contributed by atoms with E-state index >= 15 is 0 Å². The Hall–Kier alpha value is -1.56. The lowest BCUT2D eigenvalue weighted by Crippen LogP contribution is -2.41. The highest BCUT2D eigenvalue weighted by Gasteiger charge is 2.41. The van der Waals surface area contributed by atoms with E-state index in [1.54, 1.807) is 6.07 Å². The molecule has 1 amide bonds. The topological polar surface area (TPSA) is 86.6 Å². The number of carbonyl (C=O) groups excluding carboxylic acids is 1. The number of carbonyl (C=O) groups is 2.